The number of piperidine rings is 2. The molecule has 2 bridgehead atoms. The molecule has 5 rings (SSSR count). The maximum absolute atomic E-state index is 13.5. The number of rotatable bonds is 8. The molecule has 1 N–H and O–H groups in total. The van der Waals surface area contributed by atoms with Crippen LogP contribution in [-0.2, 0) is 26.0 Å². The van der Waals surface area contributed by atoms with E-state index in [0.717, 1.165) is 48.6 Å². The summed E-state index contributed by atoms with van der Waals surface area (Å²) < 4.78 is 31.3. The van der Waals surface area contributed by atoms with Gasteiger partial charge in [0, 0.05) is 18.2 Å². The molecule has 2 aliphatic heterocycles. The molecule has 1 saturated carbocycles. The number of nitrogens with zero attached hydrogens (tertiary/aromatic N) is 2. The Morgan fingerprint density at radius 2 is 1.74 bits per heavy atom. The van der Waals surface area contributed by atoms with Crippen LogP contribution in [0.2, 0.25) is 0 Å². The van der Waals surface area contributed by atoms with E-state index in [9.17, 15) is 23.3 Å². The summed E-state index contributed by atoms with van der Waals surface area (Å²) in [6, 6.07) is 16.6. The van der Waals surface area contributed by atoms with Crippen molar-refractivity contribution >= 4 is 27.6 Å². The number of ketones is 1. The summed E-state index contributed by atoms with van der Waals surface area (Å²) >= 11 is 0. The highest BCUT2D eigenvalue weighted by molar-refractivity contribution is 7.92. The lowest BCUT2D eigenvalue weighted by molar-refractivity contribution is -0.133. The van der Waals surface area contributed by atoms with Crippen molar-refractivity contribution in [3.63, 3.8) is 0 Å². The molecule has 0 aromatic heterocycles. The molecule has 2 heterocycles. The van der Waals surface area contributed by atoms with Gasteiger partial charge in [-0.05, 0) is 87.6 Å². The largest absolute Gasteiger partial charge is 0.444 e. The smallest absolute Gasteiger partial charge is 0.411 e. The first-order valence-electron chi connectivity index (χ1n) is 13.4. The summed E-state index contributed by atoms with van der Waals surface area (Å²) in [6.07, 6.45) is 4.79. The summed E-state index contributed by atoms with van der Waals surface area (Å²) in [5.41, 5.74) is 2.54. The normalized spacial score (nSPS) is 21.6. The number of anilines is 1. The van der Waals surface area contributed by atoms with Crippen molar-refractivity contribution in [1.29, 1.82) is 5.26 Å². The predicted molar refractivity (Wildman–Crippen MR) is 150 cm³/mol. The van der Waals surface area contributed by atoms with Crippen LogP contribution in [-0.4, -0.2) is 49.1 Å². The second-order valence-corrected chi connectivity index (χ2v) is 13.5. The van der Waals surface area contributed by atoms with Crippen LogP contribution >= 0.6 is 0 Å². The van der Waals surface area contributed by atoms with Crippen molar-refractivity contribution in [1.82, 2.24) is 4.90 Å². The van der Waals surface area contributed by atoms with Gasteiger partial charge >= 0.3 is 6.09 Å². The molecule has 3 aliphatic rings. The van der Waals surface area contributed by atoms with Crippen LogP contribution in [0.1, 0.15) is 58.4 Å². The summed E-state index contributed by atoms with van der Waals surface area (Å²) in [5.74, 6) is -0.457. The third kappa shape index (κ3) is 7.39. The highest BCUT2D eigenvalue weighted by Crippen LogP contribution is 2.41. The van der Waals surface area contributed by atoms with Crippen LogP contribution in [0, 0.1) is 23.2 Å². The minimum absolute atomic E-state index is 0.0121. The minimum Gasteiger partial charge on any atom is -0.444 e. The average molecular weight is 552 g/mol. The Balaban J connectivity index is 1.44. The topological polar surface area (TPSA) is 117 Å². The fraction of sp³-hybridized carbons (Fsp3) is 0.500. The van der Waals surface area contributed by atoms with Crippen LogP contribution < -0.4 is 4.72 Å². The van der Waals surface area contributed by atoms with E-state index in [4.69, 9.17) is 4.74 Å². The lowest BCUT2D eigenvalue weighted by Gasteiger charge is -2.50. The number of Topliss-reactive ketones (excluding diaryl/α,β-unsaturated/α-hetero) is 1. The highest BCUT2D eigenvalue weighted by Gasteiger charge is 2.48. The Morgan fingerprint density at radius 3 is 2.33 bits per heavy atom. The van der Waals surface area contributed by atoms with Crippen molar-refractivity contribution in [2.24, 2.45) is 11.8 Å². The number of fused-ring (bicyclic) bond motifs is 3. The summed E-state index contributed by atoms with van der Waals surface area (Å²) in [5, 5.41) is 9.89. The van der Waals surface area contributed by atoms with Gasteiger partial charge in [-0.1, -0.05) is 36.4 Å². The summed E-state index contributed by atoms with van der Waals surface area (Å²) in [6.45, 7) is 5.47. The number of benzene rings is 2. The molecule has 2 saturated heterocycles. The van der Waals surface area contributed by atoms with Crippen molar-refractivity contribution in [3.05, 3.63) is 54.1 Å². The van der Waals surface area contributed by atoms with E-state index in [0.29, 0.717) is 12.1 Å². The van der Waals surface area contributed by atoms with Crippen molar-refractivity contribution in [3.8, 4) is 17.2 Å². The first-order valence-corrected chi connectivity index (χ1v) is 15.3. The quantitative estimate of drug-likeness (QED) is 0.460. The van der Waals surface area contributed by atoms with Crippen LogP contribution in [0.3, 0.4) is 0 Å². The molecule has 0 spiro atoms. The molecule has 2 aromatic carbocycles. The number of sulfonamides is 1. The lowest BCUT2D eigenvalue weighted by atomic mass is 9.72. The molecule has 39 heavy (non-hydrogen) atoms. The van der Waals surface area contributed by atoms with Gasteiger partial charge in [0.25, 0.3) is 0 Å². The SMILES string of the molecule is CC(C)(C)OC(=O)N1C2CCC(CC2)[C@H]1C(=O)C[C@H](C#N)Cc1ccc(-c2cccc(NS(C)(=O)=O)c2)cc1. The van der Waals surface area contributed by atoms with Gasteiger partial charge in [-0.3, -0.25) is 14.4 Å². The highest BCUT2D eigenvalue weighted by atomic mass is 32.2. The Labute approximate surface area is 231 Å². The molecule has 2 atom stereocenters. The molecule has 2 aromatic rings. The zero-order valence-corrected chi connectivity index (χ0v) is 23.8. The Bertz CT molecular complexity index is 1350. The Morgan fingerprint density at radius 1 is 1.08 bits per heavy atom. The lowest BCUT2D eigenvalue weighted by Crippen LogP contribution is -2.61. The molecule has 0 unspecified atom stereocenters. The van der Waals surface area contributed by atoms with E-state index in [-0.39, 0.29) is 24.2 Å². The first-order chi connectivity index (χ1) is 18.3. The Hall–Kier alpha value is -3.38. The average Bonchev–Trinajstić information content (AvgIpc) is 2.87. The monoisotopic (exact) mass is 551 g/mol. The van der Waals surface area contributed by atoms with Gasteiger partial charge in [0.1, 0.15) is 5.60 Å². The van der Waals surface area contributed by atoms with Gasteiger partial charge in [-0.2, -0.15) is 5.26 Å². The summed E-state index contributed by atoms with van der Waals surface area (Å²) in [7, 11) is -3.37. The van der Waals surface area contributed by atoms with Gasteiger partial charge in [0.2, 0.25) is 10.0 Å². The predicted octanol–water partition coefficient (Wildman–Crippen LogP) is 5.54. The van der Waals surface area contributed by atoms with E-state index in [1.165, 1.54) is 0 Å². The number of nitrogens with one attached hydrogen (secondary N) is 1. The third-order valence-electron chi connectivity index (χ3n) is 7.38. The van der Waals surface area contributed by atoms with Gasteiger partial charge in [0.15, 0.2) is 5.78 Å². The van der Waals surface area contributed by atoms with E-state index in [2.05, 4.69) is 10.8 Å². The van der Waals surface area contributed by atoms with Crippen molar-refractivity contribution in [2.75, 3.05) is 11.0 Å². The van der Waals surface area contributed by atoms with Gasteiger partial charge < -0.3 is 4.74 Å². The van der Waals surface area contributed by atoms with Gasteiger partial charge in [-0.25, -0.2) is 13.2 Å². The number of ether oxygens (including phenoxy) is 1. The van der Waals surface area contributed by atoms with Crippen LogP contribution in [0.4, 0.5) is 10.5 Å². The fourth-order valence-corrected chi connectivity index (χ4v) is 6.32. The number of hydrogen-bond acceptors (Lipinski definition) is 6. The van der Waals surface area contributed by atoms with E-state index < -0.39 is 33.7 Å². The van der Waals surface area contributed by atoms with Gasteiger partial charge in [0.05, 0.1) is 24.3 Å². The number of nitriles is 1. The number of carbonyl (C=O) groups is 2. The van der Waals surface area contributed by atoms with Crippen molar-refractivity contribution in [2.45, 2.75) is 77.0 Å². The van der Waals surface area contributed by atoms with E-state index in [1.54, 1.807) is 23.1 Å². The maximum atomic E-state index is 13.5. The van der Waals surface area contributed by atoms with Crippen LogP contribution in [0.25, 0.3) is 11.1 Å². The zero-order valence-electron chi connectivity index (χ0n) is 23.0. The fourth-order valence-electron chi connectivity index (χ4n) is 5.77. The molecule has 1 amide bonds. The molecule has 0 radical (unpaired) electrons. The maximum Gasteiger partial charge on any atom is 0.411 e. The standard InChI is InChI=1S/C30H37N3O5S/c1-30(2,3)38-29(35)33-26-14-12-23(13-15-26)28(33)27(34)17-21(19-31)16-20-8-10-22(11-9-20)24-6-5-7-25(18-24)32-39(4,36)37/h5-11,18,21,23,26,28,32H,12-17H2,1-4H3/t21-,23?,26?,28+/m1/s1. The second-order valence-electron chi connectivity index (χ2n) is 11.8. The number of hydrogen-bond donors (Lipinski definition) is 1. The third-order valence-corrected chi connectivity index (χ3v) is 7.99. The van der Waals surface area contributed by atoms with E-state index in [1.807, 2.05) is 51.1 Å². The van der Waals surface area contributed by atoms with Crippen LogP contribution in [0.15, 0.2) is 48.5 Å². The minimum atomic E-state index is -3.37. The molecule has 8 nitrogen and oxygen atoms in total. The zero-order chi connectivity index (χ0) is 28.4. The molecular weight excluding hydrogens is 514 g/mol. The van der Waals surface area contributed by atoms with Crippen molar-refractivity contribution < 1.29 is 22.7 Å². The summed E-state index contributed by atoms with van der Waals surface area (Å²) in [4.78, 5) is 28.3. The number of amides is 1. The first kappa shape index (κ1) is 28.6. The van der Waals surface area contributed by atoms with E-state index >= 15 is 0 Å². The Kier molecular flexibility index (Phi) is 8.36. The molecule has 1 aliphatic carbocycles. The molecule has 208 valence electrons. The second kappa shape index (κ2) is 11.4. The molecule has 9 heteroatoms. The number of carbonyl (C=O) groups excluding carboxylic acids is 2. The van der Waals surface area contributed by atoms with Gasteiger partial charge in [-0.15, -0.1) is 0 Å². The molecule has 3 fully saturated rings. The van der Waals surface area contributed by atoms with Crippen LogP contribution in [0.5, 0.6) is 0 Å². The molecular formula is C30H37N3O5S.